The van der Waals surface area contributed by atoms with Gasteiger partial charge in [-0.25, -0.2) is 0 Å². The Morgan fingerprint density at radius 2 is 2.11 bits per heavy atom. The lowest BCUT2D eigenvalue weighted by molar-refractivity contribution is 0.174. The predicted molar refractivity (Wildman–Crippen MR) is 65.9 cm³/mol. The number of hydrogen-bond donors (Lipinski definition) is 1. The summed E-state index contributed by atoms with van der Waals surface area (Å²) >= 11 is 0. The summed E-state index contributed by atoms with van der Waals surface area (Å²) in [4.78, 5) is 4.26. The van der Waals surface area contributed by atoms with Gasteiger partial charge in [0.05, 0.1) is 6.54 Å². The number of ether oxygens (including phenoxy) is 2. The highest BCUT2D eigenvalue weighted by molar-refractivity contribution is 5.85. The number of halogens is 1. The minimum absolute atomic E-state index is 0. The highest BCUT2D eigenvalue weighted by Crippen LogP contribution is 2.34. The molecule has 18 heavy (non-hydrogen) atoms. The second-order valence-corrected chi connectivity index (χ2v) is 3.61. The zero-order valence-electron chi connectivity index (χ0n) is 9.67. The highest BCUT2D eigenvalue weighted by Gasteiger charge is 2.16. The maximum atomic E-state index is 5.29. The lowest BCUT2D eigenvalue weighted by Gasteiger charge is -1.97. The molecule has 0 saturated heterocycles. The molecule has 0 fully saturated rings. The van der Waals surface area contributed by atoms with E-state index in [1.54, 1.807) is 0 Å². The van der Waals surface area contributed by atoms with Crippen LogP contribution in [0, 0.1) is 0 Å². The molecule has 0 bridgehead atoms. The molecule has 7 heteroatoms. The Morgan fingerprint density at radius 3 is 2.94 bits per heavy atom. The van der Waals surface area contributed by atoms with E-state index in [1.165, 1.54) is 0 Å². The fourth-order valence-electron chi connectivity index (χ4n) is 1.63. The summed E-state index contributed by atoms with van der Waals surface area (Å²) in [5.74, 6) is 2.56. The SMILES string of the molecule is CNCc1nc(-c2ccc3c(c2)OCO3)no1.Cl. The average molecular weight is 270 g/mol. The van der Waals surface area contributed by atoms with Gasteiger partial charge in [0.25, 0.3) is 0 Å². The van der Waals surface area contributed by atoms with E-state index in [1.807, 2.05) is 25.2 Å². The Morgan fingerprint density at radius 1 is 1.28 bits per heavy atom. The van der Waals surface area contributed by atoms with Crippen LogP contribution in [-0.2, 0) is 6.54 Å². The number of hydrogen-bond acceptors (Lipinski definition) is 6. The van der Waals surface area contributed by atoms with Crippen LogP contribution in [-0.4, -0.2) is 24.0 Å². The number of nitrogens with zero attached hydrogens (tertiary/aromatic N) is 2. The Hall–Kier alpha value is -1.79. The molecule has 1 aromatic carbocycles. The third kappa shape index (κ3) is 2.25. The molecule has 0 atom stereocenters. The summed E-state index contributed by atoms with van der Waals surface area (Å²) in [5.41, 5.74) is 0.848. The second kappa shape index (κ2) is 5.24. The normalized spacial score (nSPS) is 12.3. The Labute approximate surface area is 110 Å². The summed E-state index contributed by atoms with van der Waals surface area (Å²) in [6, 6.07) is 5.56. The number of aromatic nitrogens is 2. The van der Waals surface area contributed by atoms with Crippen molar-refractivity contribution in [1.82, 2.24) is 15.5 Å². The summed E-state index contributed by atoms with van der Waals surface area (Å²) in [6.45, 7) is 0.813. The number of nitrogens with one attached hydrogen (secondary N) is 1. The Kier molecular flexibility index (Phi) is 3.69. The molecule has 1 aliphatic heterocycles. The maximum absolute atomic E-state index is 5.29. The molecule has 0 unspecified atom stereocenters. The minimum Gasteiger partial charge on any atom is -0.454 e. The fourth-order valence-corrected chi connectivity index (χ4v) is 1.63. The van der Waals surface area contributed by atoms with Gasteiger partial charge in [0.2, 0.25) is 18.5 Å². The summed E-state index contributed by atoms with van der Waals surface area (Å²) in [6.07, 6.45) is 0. The van der Waals surface area contributed by atoms with Gasteiger partial charge in [-0.3, -0.25) is 0 Å². The minimum atomic E-state index is 0. The van der Waals surface area contributed by atoms with E-state index < -0.39 is 0 Å². The van der Waals surface area contributed by atoms with E-state index in [0.29, 0.717) is 24.0 Å². The zero-order valence-corrected chi connectivity index (χ0v) is 10.5. The van der Waals surface area contributed by atoms with Gasteiger partial charge in [-0.1, -0.05) is 5.16 Å². The molecular formula is C11H12ClN3O3. The molecule has 2 aromatic rings. The third-order valence-electron chi connectivity index (χ3n) is 2.43. The van der Waals surface area contributed by atoms with Gasteiger partial charge in [-0.05, 0) is 25.2 Å². The molecule has 6 nitrogen and oxygen atoms in total. The van der Waals surface area contributed by atoms with Crippen LogP contribution in [0.5, 0.6) is 11.5 Å². The molecule has 1 aromatic heterocycles. The van der Waals surface area contributed by atoms with Crippen molar-refractivity contribution in [1.29, 1.82) is 0 Å². The molecule has 0 spiro atoms. The number of rotatable bonds is 3. The molecule has 96 valence electrons. The van der Waals surface area contributed by atoms with Crippen LogP contribution < -0.4 is 14.8 Å². The standard InChI is InChI=1S/C11H11N3O3.ClH/c1-12-5-10-13-11(14-17-10)7-2-3-8-9(4-7)16-6-15-8;/h2-4,12H,5-6H2,1H3;1H. The van der Waals surface area contributed by atoms with Crippen molar-refractivity contribution < 1.29 is 14.0 Å². The predicted octanol–water partition coefficient (Wildman–Crippen LogP) is 1.61. The topological polar surface area (TPSA) is 69.4 Å². The van der Waals surface area contributed by atoms with E-state index >= 15 is 0 Å². The molecule has 0 amide bonds. The van der Waals surface area contributed by atoms with E-state index in [0.717, 1.165) is 11.3 Å². The maximum Gasteiger partial charge on any atom is 0.240 e. The van der Waals surface area contributed by atoms with E-state index in [9.17, 15) is 0 Å². The van der Waals surface area contributed by atoms with Gasteiger partial charge in [-0.2, -0.15) is 4.98 Å². The fraction of sp³-hybridized carbons (Fsp3) is 0.273. The lowest BCUT2D eigenvalue weighted by atomic mass is 10.2. The molecule has 2 heterocycles. The molecular weight excluding hydrogens is 258 g/mol. The van der Waals surface area contributed by atoms with Crippen molar-refractivity contribution in [2.24, 2.45) is 0 Å². The van der Waals surface area contributed by atoms with Crippen molar-refractivity contribution in [3.8, 4) is 22.9 Å². The van der Waals surface area contributed by atoms with Crippen molar-refractivity contribution in [2.75, 3.05) is 13.8 Å². The van der Waals surface area contributed by atoms with Crippen LogP contribution in [0.15, 0.2) is 22.7 Å². The van der Waals surface area contributed by atoms with Gasteiger partial charge in [0.15, 0.2) is 11.5 Å². The first-order valence-electron chi connectivity index (χ1n) is 5.24. The highest BCUT2D eigenvalue weighted by atomic mass is 35.5. The van der Waals surface area contributed by atoms with E-state index in [2.05, 4.69) is 15.5 Å². The summed E-state index contributed by atoms with van der Waals surface area (Å²) in [5, 5.41) is 6.86. The van der Waals surface area contributed by atoms with Crippen LogP contribution in [0.1, 0.15) is 5.89 Å². The van der Waals surface area contributed by atoms with Crippen LogP contribution in [0.3, 0.4) is 0 Å². The average Bonchev–Trinajstić information content (AvgIpc) is 2.96. The van der Waals surface area contributed by atoms with Crippen LogP contribution >= 0.6 is 12.4 Å². The number of benzene rings is 1. The van der Waals surface area contributed by atoms with Crippen molar-refractivity contribution in [3.63, 3.8) is 0 Å². The lowest BCUT2D eigenvalue weighted by Crippen LogP contribution is -2.04. The van der Waals surface area contributed by atoms with Gasteiger partial charge in [0.1, 0.15) is 0 Å². The van der Waals surface area contributed by atoms with Crippen molar-refractivity contribution in [2.45, 2.75) is 6.54 Å². The molecule has 1 aliphatic rings. The first kappa shape index (κ1) is 12.7. The van der Waals surface area contributed by atoms with Gasteiger partial charge < -0.3 is 19.3 Å². The Balaban J connectivity index is 0.00000120. The van der Waals surface area contributed by atoms with Crippen LogP contribution in [0.4, 0.5) is 0 Å². The van der Waals surface area contributed by atoms with Gasteiger partial charge in [0, 0.05) is 5.56 Å². The molecule has 1 N–H and O–H groups in total. The van der Waals surface area contributed by atoms with Crippen LogP contribution in [0.25, 0.3) is 11.4 Å². The molecule has 3 rings (SSSR count). The monoisotopic (exact) mass is 269 g/mol. The number of fused-ring (bicyclic) bond motifs is 1. The van der Waals surface area contributed by atoms with Gasteiger partial charge in [-0.15, -0.1) is 12.4 Å². The second-order valence-electron chi connectivity index (χ2n) is 3.61. The first-order chi connectivity index (χ1) is 8.36. The summed E-state index contributed by atoms with van der Waals surface area (Å²) < 4.78 is 15.6. The summed E-state index contributed by atoms with van der Waals surface area (Å²) in [7, 11) is 1.82. The smallest absolute Gasteiger partial charge is 0.240 e. The van der Waals surface area contributed by atoms with Gasteiger partial charge >= 0.3 is 0 Å². The van der Waals surface area contributed by atoms with Crippen LogP contribution in [0.2, 0.25) is 0 Å². The molecule has 0 aliphatic carbocycles. The largest absolute Gasteiger partial charge is 0.454 e. The Bertz CT molecular complexity index is 544. The third-order valence-corrected chi connectivity index (χ3v) is 2.43. The van der Waals surface area contributed by atoms with E-state index in [4.69, 9.17) is 14.0 Å². The molecule has 0 radical (unpaired) electrons. The zero-order chi connectivity index (χ0) is 11.7. The quantitative estimate of drug-likeness (QED) is 0.913. The first-order valence-corrected chi connectivity index (χ1v) is 5.24. The molecule has 0 saturated carbocycles. The van der Waals surface area contributed by atoms with Crippen molar-refractivity contribution in [3.05, 3.63) is 24.1 Å². The van der Waals surface area contributed by atoms with Crippen molar-refractivity contribution >= 4 is 12.4 Å². The van der Waals surface area contributed by atoms with E-state index in [-0.39, 0.29) is 19.2 Å².